The second-order valence-corrected chi connectivity index (χ2v) is 9.15. The molecule has 1 saturated heterocycles. The van der Waals surface area contributed by atoms with E-state index in [-0.39, 0.29) is 24.0 Å². The highest BCUT2D eigenvalue weighted by Gasteiger charge is 2.30. The van der Waals surface area contributed by atoms with Crippen molar-refractivity contribution < 1.29 is 23.9 Å². The molecule has 1 fully saturated rings. The Morgan fingerprint density at radius 2 is 1.77 bits per heavy atom. The standard InChI is InChI=1S/C28H29N5O6/c1-4-38-28(34)24-18(2)32(19-8-10-20(37-3)11-9-19)23-13-12-21(16-22(23)24)39-27-25(33(35)36)26(29-17-30-27)31-14-6-5-7-15-31/h8-13,16-17H,4-7,14-15H2,1-3H3. The van der Waals surface area contributed by atoms with E-state index in [2.05, 4.69) is 9.97 Å². The van der Waals surface area contributed by atoms with Gasteiger partial charge in [0.05, 0.1) is 29.7 Å². The van der Waals surface area contributed by atoms with E-state index in [0.29, 0.717) is 41.2 Å². The molecule has 0 atom stereocenters. The van der Waals surface area contributed by atoms with E-state index in [9.17, 15) is 14.9 Å². The molecule has 1 aliphatic rings. The first kappa shape index (κ1) is 26.0. The number of benzene rings is 2. The van der Waals surface area contributed by atoms with Gasteiger partial charge in [0.1, 0.15) is 17.8 Å². The fourth-order valence-corrected chi connectivity index (χ4v) is 5.02. The first-order valence-electron chi connectivity index (χ1n) is 12.8. The fourth-order valence-electron chi connectivity index (χ4n) is 5.02. The molecule has 0 N–H and O–H groups in total. The van der Waals surface area contributed by atoms with Crippen molar-refractivity contribution in [3.63, 3.8) is 0 Å². The summed E-state index contributed by atoms with van der Waals surface area (Å²) < 4.78 is 18.6. The number of fused-ring (bicyclic) bond motifs is 1. The van der Waals surface area contributed by atoms with Crippen LogP contribution in [0.1, 0.15) is 42.2 Å². The van der Waals surface area contributed by atoms with Crippen LogP contribution in [0.2, 0.25) is 0 Å². The third kappa shape index (κ3) is 4.95. The van der Waals surface area contributed by atoms with E-state index in [1.807, 2.05) is 46.7 Å². The number of aromatic nitrogens is 3. The van der Waals surface area contributed by atoms with Crippen LogP contribution in [-0.4, -0.2) is 52.2 Å². The summed E-state index contributed by atoms with van der Waals surface area (Å²) in [6.07, 6.45) is 4.24. The number of anilines is 1. The Kier molecular flexibility index (Phi) is 7.31. The van der Waals surface area contributed by atoms with Gasteiger partial charge in [-0.3, -0.25) is 10.1 Å². The topological polar surface area (TPSA) is 122 Å². The van der Waals surface area contributed by atoms with Crippen molar-refractivity contribution in [2.45, 2.75) is 33.1 Å². The molecule has 11 nitrogen and oxygen atoms in total. The molecule has 3 heterocycles. The maximum absolute atomic E-state index is 13.0. The lowest BCUT2D eigenvalue weighted by molar-refractivity contribution is -0.385. The van der Waals surface area contributed by atoms with Crippen molar-refractivity contribution >= 4 is 28.4 Å². The molecule has 11 heteroatoms. The molecule has 5 rings (SSSR count). The largest absolute Gasteiger partial charge is 0.497 e. The molecule has 2 aromatic heterocycles. The van der Waals surface area contributed by atoms with Gasteiger partial charge >= 0.3 is 17.5 Å². The molecule has 0 radical (unpaired) electrons. The summed E-state index contributed by atoms with van der Waals surface area (Å²) >= 11 is 0. The van der Waals surface area contributed by atoms with Crippen LogP contribution in [0, 0.1) is 17.0 Å². The molecule has 4 aromatic rings. The van der Waals surface area contributed by atoms with E-state index in [0.717, 1.165) is 30.5 Å². The van der Waals surface area contributed by atoms with Crippen LogP contribution in [0.15, 0.2) is 48.8 Å². The number of hydrogen-bond donors (Lipinski definition) is 0. The lowest BCUT2D eigenvalue weighted by atomic mass is 10.1. The van der Waals surface area contributed by atoms with Gasteiger partial charge in [-0.15, -0.1) is 0 Å². The van der Waals surface area contributed by atoms with E-state index in [1.165, 1.54) is 6.33 Å². The van der Waals surface area contributed by atoms with Gasteiger partial charge < -0.3 is 23.7 Å². The smallest absolute Gasteiger partial charge is 0.373 e. The Balaban J connectivity index is 1.60. The first-order chi connectivity index (χ1) is 18.9. The van der Waals surface area contributed by atoms with Crippen LogP contribution in [0.25, 0.3) is 16.6 Å². The van der Waals surface area contributed by atoms with Crippen molar-refractivity contribution in [1.82, 2.24) is 14.5 Å². The number of carbonyl (C=O) groups excluding carboxylic acids is 1. The minimum absolute atomic E-state index is 0.154. The van der Waals surface area contributed by atoms with Gasteiger partial charge in [0, 0.05) is 29.9 Å². The number of ether oxygens (including phenoxy) is 3. The fraction of sp³-hybridized carbons (Fsp3) is 0.321. The first-order valence-corrected chi connectivity index (χ1v) is 12.8. The molecule has 0 bridgehead atoms. The summed E-state index contributed by atoms with van der Waals surface area (Å²) in [5, 5.41) is 12.7. The predicted octanol–water partition coefficient (Wildman–Crippen LogP) is 5.61. The second-order valence-electron chi connectivity index (χ2n) is 9.15. The Hall–Kier alpha value is -4.67. The van der Waals surface area contributed by atoms with E-state index < -0.39 is 10.9 Å². The zero-order valence-electron chi connectivity index (χ0n) is 22.0. The minimum atomic E-state index is -0.508. The van der Waals surface area contributed by atoms with Crippen LogP contribution >= 0.6 is 0 Å². The van der Waals surface area contributed by atoms with Crippen LogP contribution < -0.4 is 14.4 Å². The van der Waals surface area contributed by atoms with Gasteiger partial charge in [-0.05, 0) is 75.6 Å². The maximum atomic E-state index is 13.0. The second kappa shape index (κ2) is 11.0. The molecule has 0 aliphatic carbocycles. The number of methoxy groups -OCH3 is 1. The SMILES string of the molecule is CCOC(=O)c1c(C)n(-c2ccc(OC)cc2)c2ccc(Oc3ncnc(N4CCCCC4)c3[N+](=O)[O-])cc12. The molecular weight excluding hydrogens is 502 g/mol. The van der Waals surface area contributed by atoms with Crippen molar-refractivity contribution in [2.24, 2.45) is 0 Å². The quantitative estimate of drug-likeness (QED) is 0.162. The Morgan fingerprint density at radius 3 is 2.44 bits per heavy atom. The lowest BCUT2D eigenvalue weighted by Gasteiger charge is -2.27. The summed E-state index contributed by atoms with van der Waals surface area (Å²) in [4.78, 5) is 34.8. The van der Waals surface area contributed by atoms with Crippen LogP contribution in [0.3, 0.4) is 0 Å². The summed E-state index contributed by atoms with van der Waals surface area (Å²) in [7, 11) is 1.60. The summed E-state index contributed by atoms with van der Waals surface area (Å²) in [6.45, 7) is 5.18. The molecule has 202 valence electrons. The van der Waals surface area contributed by atoms with Gasteiger partial charge in [0.15, 0.2) is 0 Å². The van der Waals surface area contributed by atoms with Gasteiger partial charge in [-0.2, -0.15) is 4.98 Å². The minimum Gasteiger partial charge on any atom is -0.497 e. The number of hydrogen-bond acceptors (Lipinski definition) is 9. The third-order valence-corrected chi connectivity index (χ3v) is 6.81. The van der Waals surface area contributed by atoms with Gasteiger partial charge in [0.2, 0.25) is 5.82 Å². The van der Waals surface area contributed by atoms with Crippen LogP contribution in [0.5, 0.6) is 17.4 Å². The Labute approximate surface area is 225 Å². The average Bonchev–Trinajstić information content (AvgIpc) is 3.24. The normalized spacial score (nSPS) is 13.4. The molecule has 39 heavy (non-hydrogen) atoms. The number of nitro groups is 1. The monoisotopic (exact) mass is 531 g/mol. The number of carbonyl (C=O) groups is 1. The number of rotatable bonds is 8. The zero-order chi connectivity index (χ0) is 27.5. The van der Waals surface area contributed by atoms with E-state index in [1.54, 1.807) is 26.2 Å². The van der Waals surface area contributed by atoms with Crippen molar-refractivity contribution in [3.8, 4) is 23.1 Å². The molecule has 0 spiro atoms. The summed E-state index contributed by atoms with van der Waals surface area (Å²) in [5.74, 6) is 0.638. The Bertz CT molecular complexity index is 1530. The van der Waals surface area contributed by atoms with E-state index in [4.69, 9.17) is 14.2 Å². The van der Waals surface area contributed by atoms with Crippen LogP contribution in [0.4, 0.5) is 11.5 Å². The highest BCUT2D eigenvalue weighted by molar-refractivity contribution is 6.07. The number of esters is 1. The molecule has 1 aliphatic heterocycles. The third-order valence-electron chi connectivity index (χ3n) is 6.81. The van der Waals surface area contributed by atoms with Crippen molar-refractivity contribution in [3.05, 3.63) is 70.2 Å². The molecule has 2 aromatic carbocycles. The van der Waals surface area contributed by atoms with Gasteiger partial charge in [-0.1, -0.05) is 0 Å². The molecule has 0 amide bonds. The van der Waals surface area contributed by atoms with Gasteiger partial charge in [0.25, 0.3) is 0 Å². The van der Waals surface area contributed by atoms with E-state index >= 15 is 0 Å². The van der Waals surface area contributed by atoms with Crippen molar-refractivity contribution in [2.75, 3.05) is 31.7 Å². The highest BCUT2D eigenvalue weighted by atomic mass is 16.6. The lowest BCUT2D eigenvalue weighted by Crippen LogP contribution is -2.30. The summed E-state index contributed by atoms with van der Waals surface area (Å²) in [5.41, 5.74) is 2.38. The summed E-state index contributed by atoms with van der Waals surface area (Å²) in [6, 6.07) is 12.7. The van der Waals surface area contributed by atoms with Crippen molar-refractivity contribution in [1.29, 1.82) is 0 Å². The number of piperidine rings is 1. The zero-order valence-corrected chi connectivity index (χ0v) is 22.0. The van der Waals surface area contributed by atoms with Crippen LogP contribution in [-0.2, 0) is 4.74 Å². The maximum Gasteiger partial charge on any atom is 0.373 e. The number of nitrogens with zero attached hydrogens (tertiary/aromatic N) is 5. The molecular formula is C28H29N5O6. The molecule has 0 saturated carbocycles. The molecule has 0 unspecified atom stereocenters. The average molecular weight is 532 g/mol. The van der Waals surface area contributed by atoms with Gasteiger partial charge in [-0.25, -0.2) is 9.78 Å². The highest BCUT2D eigenvalue weighted by Crippen LogP contribution is 2.39. The Morgan fingerprint density at radius 1 is 1.05 bits per heavy atom. The predicted molar refractivity (Wildman–Crippen MR) is 145 cm³/mol.